The number of anilines is 2. The van der Waals surface area contributed by atoms with Crippen molar-refractivity contribution in [1.29, 1.82) is 0 Å². The highest BCUT2D eigenvalue weighted by Crippen LogP contribution is 2.19. The summed E-state index contributed by atoms with van der Waals surface area (Å²) in [6.07, 6.45) is 1.63. The van der Waals surface area contributed by atoms with Gasteiger partial charge in [0, 0.05) is 33.3 Å². The third kappa shape index (κ3) is 4.10. The second kappa shape index (κ2) is 7.59. The molecule has 3 rings (SSSR count). The average molecular weight is 318 g/mol. The van der Waals surface area contributed by atoms with E-state index in [-0.39, 0.29) is 0 Å². The van der Waals surface area contributed by atoms with Crippen LogP contribution in [0.5, 0.6) is 0 Å². The molecule has 0 aliphatic heterocycles. The predicted molar refractivity (Wildman–Crippen MR) is 99.1 cm³/mol. The molecule has 0 saturated carbocycles. The molecule has 3 aromatic rings. The molecule has 0 aliphatic rings. The Hall–Kier alpha value is -2.88. The van der Waals surface area contributed by atoms with Gasteiger partial charge in [-0.3, -0.25) is 0 Å². The van der Waals surface area contributed by atoms with Crippen molar-refractivity contribution in [1.82, 2.24) is 9.97 Å². The van der Waals surface area contributed by atoms with E-state index < -0.39 is 0 Å². The van der Waals surface area contributed by atoms with Gasteiger partial charge in [0.15, 0.2) is 0 Å². The molecule has 0 atom stereocenters. The number of hydrogen-bond donors (Lipinski definition) is 0. The maximum atomic E-state index is 4.41. The summed E-state index contributed by atoms with van der Waals surface area (Å²) in [6, 6.07) is 22.8. The summed E-state index contributed by atoms with van der Waals surface area (Å²) < 4.78 is 0. The zero-order valence-corrected chi connectivity index (χ0v) is 14.1. The van der Waals surface area contributed by atoms with E-state index in [1.54, 1.807) is 6.33 Å². The van der Waals surface area contributed by atoms with Gasteiger partial charge in [-0.2, -0.15) is 0 Å². The minimum Gasteiger partial charge on any atom is -0.355 e. The van der Waals surface area contributed by atoms with Gasteiger partial charge in [-0.1, -0.05) is 60.7 Å². The number of rotatable bonds is 6. The Bertz CT molecular complexity index is 696. The van der Waals surface area contributed by atoms with Crippen molar-refractivity contribution in [3.8, 4) is 0 Å². The van der Waals surface area contributed by atoms with Gasteiger partial charge in [0.25, 0.3) is 0 Å². The van der Waals surface area contributed by atoms with Crippen LogP contribution in [0.25, 0.3) is 0 Å². The van der Waals surface area contributed by atoms with Crippen LogP contribution < -0.4 is 9.80 Å². The fraction of sp³-hybridized carbons (Fsp3) is 0.200. The summed E-state index contributed by atoms with van der Waals surface area (Å²) in [7, 11) is 4.10. The Kier molecular flexibility index (Phi) is 5.06. The van der Waals surface area contributed by atoms with E-state index in [2.05, 4.69) is 82.4 Å². The minimum atomic E-state index is 0.819. The molecule has 2 aromatic carbocycles. The van der Waals surface area contributed by atoms with Crippen LogP contribution in [0, 0.1) is 0 Å². The number of nitrogens with zero attached hydrogens (tertiary/aromatic N) is 4. The van der Waals surface area contributed by atoms with Crippen molar-refractivity contribution < 1.29 is 0 Å². The third-order valence-corrected chi connectivity index (χ3v) is 3.95. The lowest BCUT2D eigenvalue weighted by molar-refractivity contribution is 0.864. The molecule has 1 aromatic heterocycles. The van der Waals surface area contributed by atoms with Gasteiger partial charge in [-0.25, -0.2) is 9.97 Å². The standard InChI is InChI=1S/C20H22N4/c1-23(14-17-9-5-3-6-10-17)19-13-20(22-16-21-19)24(2)15-18-11-7-4-8-12-18/h3-13,16H,14-15H2,1-2H3. The van der Waals surface area contributed by atoms with E-state index in [0.717, 1.165) is 24.7 Å². The van der Waals surface area contributed by atoms with Crippen molar-refractivity contribution >= 4 is 11.6 Å². The van der Waals surface area contributed by atoms with Crippen LogP contribution >= 0.6 is 0 Å². The molecular formula is C20H22N4. The first kappa shape index (κ1) is 16.0. The smallest absolute Gasteiger partial charge is 0.134 e. The fourth-order valence-corrected chi connectivity index (χ4v) is 2.63. The first-order valence-corrected chi connectivity index (χ1v) is 8.04. The molecule has 122 valence electrons. The largest absolute Gasteiger partial charge is 0.355 e. The summed E-state index contributed by atoms with van der Waals surface area (Å²) in [5, 5.41) is 0. The first-order chi connectivity index (χ1) is 11.7. The maximum absolute atomic E-state index is 4.41. The average Bonchev–Trinajstić information content (AvgIpc) is 2.63. The lowest BCUT2D eigenvalue weighted by atomic mass is 10.2. The Morgan fingerprint density at radius 1 is 0.667 bits per heavy atom. The summed E-state index contributed by atoms with van der Waals surface area (Å²) in [5.41, 5.74) is 2.52. The highest BCUT2D eigenvalue weighted by molar-refractivity contribution is 5.50. The van der Waals surface area contributed by atoms with Gasteiger partial charge in [0.05, 0.1) is 0 Å². The molecule has 0 unspecified atom stereocenters. The second-order valence-electron chi connectivity index (χ2n) is 5.92. The molecule has 0 saturated heterocycles. The molecule has 0 aliphatic carbocycles. The van der Waals surface area contributed by atoms with Gasteiger partial charge < -0.3 is 9.80 Å². The summed E-state index contributed by atoms with van der Waals surface area (Å²) >= 11 is 0. The molecule has 4 nitrogen and oxygen atoms in total. The molecule has 0 fully saturated rings. The fourth-order valence-electron chi connectivity index (χ4n) is 2.63. The Morgan fingerprint density at radius 2 is 1.08 bits per heavy atom. The van der Waals surface area contributed by atoms with Crippen LogP contribution in [0.3, 0.4) is 0 Å². The molecule has 24 heavy (non-hydrogen) atoms. The SMILES string of the molecule is CN(Cc1ccccc1)c1cc(N(C)Cc2ccccc2)ncn1. The zero-order valence-electron chi connectivity index (χ0n) is 14.1. The van der Waals surface area contributed by atoms with E-state index in [1.165, 1.54) is 11.1 Å². The monoisotopic (exact) mass is 318 g/mol. The van der Waals surface area contributed by atoms with Crippen molar-refractivity contribution in [3.63, 3.8) is 0 Å². The second-order valence-corrected chi connectivity index (χ2v) is 5.92. The van der Waals surface area contributed by atoms with Gasteiger partial charge in [-0.15, -0.1) is 0 Å². The molecule has 0 N–H and O–H groups in total. The number of aromatic nitrogens is 2. The Morgan fingerprint density at radius 3 is 1.50 bits per heavy atom. The van der Waals surface area contributed by atoms with Crippen molar-refractivity contribution in [2.45, 2.75) is 13.1 Å². The van der Waals surface area contributed by atoms with E-state index in [4.69, 9.17) is 0 Å². The molecule has 0 bridgehead atoms. The molecular weight excluding hydrogens is 296 g/mol. The normalized spacial score (nSPS) is 10.4. The molecule has 4 heteroatoms. The third-order valence-electron chi connectivity index (χ3n) is 3.95. The van der Waals surface area contributed by atoms with Crippen LogP contribution in [0.15, 0.2) is 73.1 Å². The zero-order chi connectivity index (χ0) is 16.8. The van der Waals surface area contributed by atoms with Crippen molar-refractivity contribution in [3.05, 3.63) is 84.2 Å². The highest BCUT2D eigenvalue weighted by Gasteiger charge is 2.08. The van der Waals surface area contributed by atoms with Gasteiger partial charge in [-0.05, 0) is 11.1 Å². The first-order valence-electron chi connectivity index (χ1n) is 8.04. The van der Waals surface area contributed by atoms with Crippen LogP contribution in [0.2, 0.25) is 0 Å². The quantitative estimate of drug-likeness (QED) is 0.693. The van der Waals surface area contributed by atoms with Crippen LogP contribution in [0.4, 0.5) is 11.6 Å². The maximum Gasteiger partial charge on any atom is 0.134 e. The topological polar surface area (TPSA) is 32.3 Å². The predicted octanol–water partition coefficient (Wildman–Crippen LogP) is 3.75. The van der Waals surface area contributed by atoms with E-state index in [9.17, 15) is 0 Å². The van der Waals surface area contributed by atoms with Crippen LogP contribution in [-0.2, 0) is 13.1 Å². The summed E-state index contributed by atoms with van der Waals surface area (Å²) in [4.78, 5) is 13.1. The highest BCUT2D eigenvalue weighted by atomic mass is 15.2. The molecule has 0 radical (unpaired) electrons. The number of benzene rings is 2. The van der Waals surface area contributed by atoms with Crippen molar-refractivity contribution in [2.24, 2.45) is 0 Å². The minimum absolute atomic E-state index is 0.819. The number of hydrogen-bond acceptors (Lipinski definition) is 4. The van der Waals surface area contributed by atoms with E-state index >= 15 is 0 Å². The lowest BCUT2D eigenvalue weighted by Crippen LogP contribution is -2.21. The summed E-state index contributed by atoms with van der Waals surface area (Å²) in [5.74, 6) is 1.84. The summed E-state index contributed by atoms with van der Waals surface area (Å²) in [6.45, 7) is 1.64. The van der Waals surface area contributed by atoms with E-state index in [1.807, 2.05) is 18.2 Å². The molecule has 1 heterocycles. The Balaban J connectivity index is 1.71. The van der Waals surface area contributed by atoms with Crippen molar-refractivity contribution in [2.75, 3.05) is 23.9 Å². The molecule has 0 amide bonds. The van der Waals surface area contributed by atoms with Gasteiger partial charge in [0.2, 0.25) is 0 Å². The molecule has 0 spiro atoms. The van der Waals surface area contributed by atoms with E-state index in [0.29, 0.717) is 0 Å². The van der Waals surface area contributed by atoms with Crippen LogP contribution in [0.1, 0.15) is 11.1 Å². The van der Waals surface area contributed by atoms with Gasteiger partial charge >= 0.3 is 0 Å². The lowest BCUT2D eigenvalue weighted by Gasteiger charge is -2.22. The Labute approximate surface area is 143 Å². The van der Waals surface area contributed by atoms with Crippen LogP contribution in [-0.4, -0.2) is 24.1 Å². The van der Waals surface area contributed by atoms with Gasteiger partial charge in [0.1, 0.15) is 18.0 Å².